The molecule has 2 fully saturated rings. The zero-order chi connectivity index (χ0) is 11.9. The maximum Gasteiger partial charge on any atom is 0.241 e. The molecule has 4 heteroatoms. The largest absolute Gasteiger partial charge is 0.628 e. The molecule has 0 aliphatic carbocycles. The van der Waals surface area contributed by atoms with Gasteiger partial charge in [-0.2, -0.15) is 0 Å². The monoisotopic (exact) mass is 226 g/mol. The Morgan fingerprint density at radius 2 is 1.25 bits per heavy atom. The maximum atomic E-state index is 12.8. The van der Waals surface area contributed by atoms with E-state index in [4.69, 9.17) is 0 Å². The summed E-state index contributed by atoms with van der Waals surface area (Å²) in [7, 11) is 0. The molecule has 0 aromatic heterocycles. The van der Waals surface area contributed by atoms with E-state index in [1.165, 1.54) is 0 Å². The highest BCUT2D eigenvalue weighted by Crippen LogP contribution is 2.41. The summed E-state index contributed by atoms with van der Waals surface area (Å²) in [6.07, 6.45) is 5.38. The molecule has 2 rings (SSSR count). The van der Waals surface area contributed by atoms with Crippen LogP contribution in [-0.4, -0.2) is 41.1 Å². The third-order valence-corrected chi connectivity index (χ3v) is 4.61. The van der Waals surface area contributed by atoms with E-state index >= 15 is 0 Å². The Hall–Kier alpha value is -0.420. The Morgan fingerprint density at radius 3 is 1.50 bits per heavy atom. The minimum absolute atomic E-state index is 0.361. The lowest BCUT2D eigenvalue weighted by Gasteiger charge is -2.61. The molecule has 0 aromatic rings. The standard InChI is InChI=1S/C12H22N2O2/c1-3-12(2,13(15)8-4-5-9-13)14(16)10-6-7-11-14/h3H,1,4-11H2,2H3. The van der Waals surface area contributed by atoms with Crippen LogP contribution in [0.15, 0.2) is 12.7 Å². The molecule has 2 saturated heterocycles. The third kappa shape index (κ3) is 1.44. The topological polar surface area (TPSA) is 46.1 Å². The highest BCUT2D eigenvalue weighted by Gasteiger charge is 2.53. The molecular formula is C12H22N2O2. The highest BCUT2D eigenvalue weighted by molar-refractivity contribution is 4.91. The van der Waals surface area contributed by atoms with Crippen molar-refractivity contribution in [3.8, 4) is 0 Å². The normalized spacial score (nSPS) is 28.2. The lowest BCUT2D eigenvalue weighted by Crippen LogP contribution is -2.71. The van der Waals surface area contributed by atoms with Gasteiger partial charge in [0.15, 0.2) is 0 Å². The van der Waals surface area contributed by atoms with Crippen molar-refractivity contribution in [3.05, 3.63) is 23.1 Å². The van der Waals surface area contributed by atoms with Crippen LogP contribution >= 0.6 is 0 Å². The van der Waals surface area contributed by atoms with Crippen LogP contribution in [0.2, 0.25) is 0 Å². The zero-order valence-corrected chi connectivity index (χ0v) is 10.2. The SMILES string of the molecule is C=CC(C)([N+]1([O-])CCCC1)[N+]1([O-])CCCC1. The molecule has 0 aromatic carbocycles. The first-order valence-electron chi connectivity index (χ1n) is 6.27. The maximum absolute atomic E-state index is 12.8. The second-order valence-corrected chi connectivity index (χ2v) is 5.39. The quantitative estimate of drug-likeness (QED) is 0.420. The van der Waals surface area contributed by atoms with Crippen LogP contribution in [0.25, 0.3) is 0 Å². The predicted octanol–water partition coefficient (Wildman–Crippen LogP) is 2.11. The molecule has 4 nitrogen and oxygen atoms in total. The van der Waals surface area contributed by atoms with Crippen LogP contribution in [0.1, 0.15) is 32.6 Å². The van der Waals surface area contributed by atoms with Crippen molar-refractivity contribution in [3.63, 3.8) is 0 Å². The van der Waals surface area contributed by atoms with E-state index in [2.05, 4.69) is 6.58 Å². The van der Waals surface area contributed by atoms with Gasteiger partial charge in [-0.3, -0.25) is 0 Å². The van der Waals surface area contributed by atoms with Crippen LogP contribution in [0.5, 0.6) is 0 Å². The highest BCUT2D eigenvalue weighted by atomic mass is 16.6. The van der Waals surface area contributed by atoms with Crippen molar-refractivity contribution in [2.45, 2.75) is 38.3 Å². The van der Waals surface area contributed by atoms with Crippen LogP contribution in [-0.2, 0) is 0 Å². The molecule has 0 N–H and O–H groups in total. The molecule has 0 unspecified atom stereocenters. The van der Waals surface area contributed by atoms with Gasteiger partial charge in [0, 0.05) is 31.8 Å². The summed E-state index contributed by atoms with van der Waals surface area (Å²) in [5, 5.41) is 25.6. The number of hydrogen-bond acceptors (Lipinski definition) is 2. The summed E-state index contributed by atoms with van der Waals surface area (Å²) in [5.41, 5.74) is -0.896. The Kier molecular flexibility index (Phi) is 2.87. The van der Waals surface area contributed by atoms with Gasteiger partial charge in [0.05, 0.1) is 33.1 Å². The van der Waals surface area contributed by atoms with Crippen LogP contribution < -0.4 is 0 Å². The van der Waals surface area contributed by atoms with E-state index in [0.29, 0.717) is 26.2 Å². The molecule has 2 aliphatic heterocycles. The van der Waals surface area contributed by atoms with Gasteiger partial charge >= 0.3 is 0 Å². The minimum atomic E-state index is -0.896. The van der Waals surface area contributed by atoms with E-state index in [0.717, 1.165) is 25.7 Å². The van der Waals surface area contributed by atoms with Crippen molar-refractivity contribution in [2.75, 3.05) is 26.2 Å². The lowest BCUT2D eigenvalue weighted by atomic mass is 10.1. The van der Waals surface area contributed by atoms with Gasteiger partial charge in [-0.1, -0.05) is 6.58 Å². The van der Waals surface area contributed by atoms with E-state index < -0.39 is 5.66 Å². The Balaban J connectivity index is 2.34. The second kappa shape index (κ2) is 3.81. The lowest BCUT2D eigenvalue weighted by molar-refractivity contribution is -1.11. The van der Waals surface area contributed by atoms with Gasteiger partial charge in [0.2, 0.25) is 5.66 Å². The van der Waals surface area contributed by atoms with Crippen molar-refractivity contribution in [1.29, 1.82) is 0 Å². The van der Waals surface area contributed by atoms with Gasteiger partial charge in [-0.15, -0.1) is 0 Å². The van der Waals surface area contributed by atoms with E-state index in [9.17, 15) is 10.4 Å². The molecule has 0 radical (unpaired) electrons. The van der Waals surface area contributed by atoms with Crippen LogP contribution in [0.3, 0.4) is 0 Å². The summed E-state index contributed by atoms with van der Waals surface area (Å²) >= 11 is 0. The summed E-state index contributed by atoms with van der Waals surface area (Å²) < 4.78 is -0.722. The molecule has 2 heterocycles. The summed E-state index contributed by atoms with van der Waals surface area (Å²) in [5.74, 6) is 0. The number of likely N-dealkylation sites (tertiary alicyclic amines) is 2. The van der Waals surface area contributed by atoms with Gasteiger partial charge in [0.1, 0.15) is 0 Å². The van der Waals surface area contributed by atoms with Crippen LogP contribution in [0.4, 0.5) is 0 Å². The smallest absolute Gasteiger partial charge is 0.241 e. The number of rotatable bonds is 3. The van der Waals surface area contributed by atoms with Crippen LogP contribution in [0, 0.1) is 10.4 Å². The molecule has 0 atom stereocenters. The van der Waals surface area contributed by atoms with Gasteiger partial charge in [-0.25, -0.2) is 0 Å². The summed E-state index contributed by atoms with van der Waals surface area (Å²) in [4.78, 5) is 0. The predicted molar refractivity (Wildman–Crippen MR) is 63.8 cm³/mol. The number of quaternary nitrogens is 2. The average molecular weight is 226 g/mol. The minimum Gasteiger partial charge on any atom is -0.628 e. The first-order valence-corrected chi connectivity index (χ1v) is 6.27. The average Bonchev–Trinajstić information content (AvgIpc) is 2.88. The summed E-state index contributed by atoms with van der Waals surface area (Å²) in [6, 6.07) is 0. The fourth-order valence-corrected chi connectivity index (χ4v) is 3.26. The molecule has 2 aliphatic rings. The van der Waals surface area contributed by atoms with Gasteiger partial charge in [-0.05, 0) is 0 Å². The van der Waals surface area contributed by atoms with Gasteiger partial charge < -0.3 is 19.7 Å². The van der Waals surface area contributed by atoms with E-state index in [1.54, 1.807) is 6.08 Å². The fourth-order valence-electron chi connectivity index (χ4n) is 3.26. The fraction of sp³-hybridized carbons (Fsp3) is 0.833. The Morgan fingerprint density at radius 1 is 0.938 bits per heavy atom. The molecule has 0 amide bonds. The first kappa shape index (κ1) is 12.0. The van der Waals surface area contributed by atoms with Gasteiger partial charge in [0.25, 0.3) is 0 Å². The van der Waals surface area contributed by atoms with Crippen molar-refractivity contribution in [1.82, 2.24) is 0 Å². The first-order chi connectivity index (χ1) is 7.47. The number of nitrogens with zero attached hydrogens (tertiary/aromatic N) is 2. The molecule has 0 bridgehead atoms. The molecule has 0 saturated carbocycles. The molecular weight excluding hydrogens is 204 g/mol. The zero-order valence-electron chi connectivity index (χ0n) is 10.2. The van der Waals surface area contributed by atoms with Crippen molar-refractivity contribution in [2.24, 2.45) is 0 Å². The summed E-state index contributed by atoms with van der Waals surface area (Å²) in [6.45, 7) is 7.89. The van der Waals surface area contributed by atoms with E-state index in [-0.39, 0.29) is 9.29 Å². The Bertz CT molecular complexity index is 257. The van der Waals surface area contributed by atoms with E-state index in [1.807, 2.05) is 6.92 Å². The molecule has 92 valence electrons. The third-order valence-electron chi connectivity index (χ3n) is 4.61. The molecule has 16 heavy (non-hydrogen) atoms. The van der Waals surface area contributed by atoms with Crippen molar-refractivity contribution >= 4 is 0 Å². The molecule has 0 spiro atoms. The Labute approximate surface area is 97.5 Å². The number of hydrogen-bond donors (Lipinski definition) is 0. The number of hydroxylamine groups is 6. The second-order valence-electron chi connectivity index (χ2n) is 5.39. The van der Waals surface area contributed by atoms with Crippen molar-refractivity contribution < 1.29 is 9.29 Å².